The maximum Gasteiger partial charge on any atom is 0.174 e. The van der Waals surface area contributed by atoms with Gasteiger partial charge in [0.05, 0.1) is 48.7 Å². The van der Waals surface area contributed by atoms with Crippen LogP contribution in [0, 0.1) is 93.9 Å². The van der Waals surface area contributed by atoms with E-state index in [0.29, 0.717) is 74.4 Å². The van der Waals surface area contributed by atoms with E-state index in [4.69, 9.17) is 18.9 Å². The highest BCUT2D eigenvalue weighted by molar-refractivity contribution is 5.50. The molecule has 0 aliphatic carbocycles. The van der Waals surface area contributed by atoms with Crippen LogP contribution in [-0.4, -0.2) is 26.4 Å². The predicted octanol–water partition coefficient (Wildman–Crippen LogP) is 21.2. The first-order valence-electron chi connectivity index (χ1n) is 32.5. The molecule has 0 aliphatic rings. The van der Waals surface area contributed by atoms with Gasteiger partial charge >= 0.3 is 0 Å². The van der Waals surface area contributed by atoms with Crippen molar-refractivity contribution in [3.05, 3.63) is 259 Å². The summed E-state index contributed by atoms with van der Waals surface area (Å²) in [5.74, 6) is 18.7. The number of unbranched alkanes of at least 4 members (excludes halogenated alkanes) is 3. The second kappa shape index (κ2) is 42.0. The van der Waals surface area contributed by atoms with E-state index in [2.05, 4.69) is 54.3 Å². The summed E-state index contributed by atoms with van der Waals surface area (Å²) in [6.07, 6.45) is 11.4. The Labute approximate surface area is 552 Å². The van der Waals surface area contributed by atoms with Gasteiger partial charge in [0.15, 0.2) is 46.5 Å². The Bertz CT molecular complexity index is 3890. The summed E-state index contributed by atoms with van der Waals surface area (Å²) in [5.41, 5.74) is 4.83. The van der Waals surface area contributed by atoms with E-state index in [1.807, 2.05) is 114 Å². The van der Waals surface area contributed by atoms with Crippen LogP contribution >= 0.6 is 0 Å². The molecule has 0 N–H and O–H groups in total. The van der Waals surface area contributed by atoms with Gasteiger partial charge in [0, 0.05) is 22.3 Å². The number of rotatable bonds is 22. The van der Waals surface area contributed by atoms with Gasteiger partial charge in [0.2, 0.25) is 0 Å². The highest BCUT2D eigenvalue weighted by Crippen LogP contribution is 2.23. The Morgan fingerprint density at radius 3 is 0.745 bits per heavy atom. The number of aryl methyl sites for hydroxylation is 4. The molecule has 0 spiro atoms. The smallest absolute Gasteiger partial charge is 0.174 e. The lowest BCUT2D eigenvalue weighted by atomic mass is 10.0. The lowest BCUT2D eigenvalue weighted by Gasteiger charge is -2.05. The largest absolute Gasteiger partial charge is 0.494 e. The third-order valence-corrected chi connectivity index (χ3v) is 14.1. The zero-order chi connectivity index (χ0) is 68.0. The number of hydrogen-bond acceptors (Lipinski definition) is 4. The molecule has 0 aliphatic heterocycles. The van der Waals surface area contributed by atoms with E-state index < -0.39 is 46.5 Å². The van der Waals surface area contributed by atoms with Crippen molar-refractivity contribution in [3.8, 4) is 70.4 Å². The van der Waals surface area contributed by atoms with Crippen molar-refractivity contribution in [2.45, 2.75) is 145 Å². The fourth-order valence-corrected chi connectivity index (χ4v) is 8.77. The maximum atomic E-state index is 14.2. The van der Waals surface area contributed by atoms with Gasteiger partial charge in [0.25, 0.3) is 0 Å². The van der Waals surface area contributed by atoms with E-state index in [1.54, 1.807) is 67.6 Å². The Morgan fingerprint density at radius 2 is 0.489 bits per heavy atom. The van der Waals surface area contributed by atoms with Gasteiger partial charge in [-0.1, -0.05) is 153 Å². The minimum atomic E-state index is -0.880. The van der Waals surface area contributed by atoms with Gasteiger partial charge in [-0.2, -0.15) is 0 Å². The van der Waals surface area contributed by atoms with E-state index in [0.717, 1.165) is 109 Å². The summed E-state index contributed by atoms with van der Waals surface area (Å²) in [6.45, 7) is 18.6. The molecule has 0 aromatic heterocycles. The first kappa shape index (κ1) is 75.4. The van der Waals surface area contributed by atoms with Gasteiger partial charge < -0.3 is 18.9 Å². The molecule has 94 heavy (non-hydrogen) atoms. The molecule has 0 saturated carbocycles. The molecule has 12 heteroatoms. The molecule has 0 heterocycles. The summed E-state index contributed by atoms with van der Waals surface area (Å²) in [5, 5.41) is 0. The van der Waals surface area contributed by atoms with Crippen molar-refractivity contribution >= 4 is 0 Å². The van der Waals surface area contributed by atoms with Crippen molar-refractivity contribution in [2.75, 3.05) is 26.4 Å². The fourth-order valence-electron chi connectivity index (χ4n) is 8.77. The minimum Gasteiger partial charge on any atom is -0.494 e. The highest BCUT2D eigenvalue weighted by Gasteiger charge is 2.15. The first-order valence-corrected chi connectivity index (χ1v) is 32.5. The quantitative estimate of drug-likeness (QED) is 0.0385. The molecule has 0 fully saturated rings. The molecule has 0 radical (unpaired) electrons. The van der Waals surface area contributed by atoms with Crippen molar-refractivity contribution in [1.29, 1.82) is 0 Å². The van der Waals surface area contributed by atoms with Gasteiger partial charge in [-0.05, 0) is 208 Å². The Kier molecular flexibility index (Phi) is 33.7. The lowest BCUT2D eigenvalue weighted by Crippen LogP contribution is -1.98. The average molecular weight is 1290 g/mol. The van der Waals surface area contributed by atoms with Gasteiger partial charge in [-0.15, -0.1) is 0 Å². The second-order valence-corrected chi connectivity index (χ2v) is 21.8. The second-order valence-electron chi connectivity index (χ2n) is 21.8. The normalized spacial score (nSPS) is 10.1. The maximum absolute atomic E-state index is 14.2. The zero-order valence-electron chi connectivity index (χ0n) is 55.2. The van der Waals surface area contributed by atoms with Crippen molar-refractivity contribution < 1.29 is 54.1 Å². The molecule has 0 saturated heterocycles. The third kappa shape index (κ3) is 24.9. The summed E-state index contributed by atoms with van der Waals surface area (Å²) >= 11 is 0. The molecule has 8 aromatic carbocycles. The fraction of sp³-hybridized carbons (Fsp3) is 0.317. The Morgan fingerprint density at radius 1 is 0.234 bits per heavy atom. The first-order chi connectivity index (χ1) is 45.6. The Hall–Kier alpha value is -9.36. The molecule has 0 unspecified atom stereocenters. The van der Waals surface area contributed by atoms with Crippen LogP contribution in [0.15, 0.2) is 146 Å². The molecule has 0 bridgehead atoms. The van der Waals surface area contributed by atoms with Crippen LogP contribution in [-0.2, 0) is 25.7 Å². The molecule has 0 amide bonds. The summed E-state index contributed by atoms with van der Waals surface area (Å²) < 4.78 is 134. The number of benzene rings is 8. The molecule has 8 aromatic rings. The van der Waals surface area contributed by atoms with Gasteiger partial charge in [0.1, 0.15) is 23.0 Å². The van der Waals surface area contributed by atoms with Crippen molar-refractivity contribution in [3.63, 3.8) is 0 Å². The van der Waals surface area contributed by atoms with Crippen LogP contribution in [0.1, 0.15) is 186 Å². The monoisotopic (exact) mass is 1280 g/mol. The molecule has 492 valence electrons. The van der Waals surface area contributed by atoms with Crippen LogP contribution in [0.25, 0.3) is 0 Å². The minimum absolute atomic E-state index is 0.0704. The van der Waals surface area contributed by atoms with Crippen LogP contribution in [0.4, 0.5) is 35.1 Å². The van der Waals surface area contributed by atoms with E-state index in [-0.39, 0.29) is 22.3 Å². The summed E-state index contributed by atoms with van der Waals surface area (Å²) in [6, 6.07) is 41.6. The van der Waals surface area contributed by atoms with E-state index in [9.17, 15) is 35.1 Å². The molecule has 0 atom stereocenters. The molecular weight excluding hydrogens is 1200 g/mol. The number of hydrogen-bond donors (Lipinski definition) is 0. The predicted molar refractivity (Wildman–Crippen MR) is 363 cm³/mol. The third-order valence-electron chi connectivity index (χ3n) is 14.1. The topological polar surface area (TPSA) is 36.9 Å². The summed E-state index contributed by atoms with van der Waals surface area (Å²) in [4.78, 5) is 0. The summed E-state index contributed by atoms with van der Waals surface area (Å²) in [7, 11) is 0. The molecule has 8 rings (SSSR count). The SMILES string of the molecule is CCCCCc1ccc(C#Cc2ccc(OCCC)cc2)c(F)c1F.CCCCc1ccc(C#Cc2ccc(OCCC)cc2)c(F)c1F.CCCOc1ccc(C#Cc2ccc(CC)c(F)c2F)cc1.CCCOc1ccc(C#Cc2ccc(CCC)c(F)c2F)cc1. The van der Waals surface area contributed by atoms with Crippen molar-refractivity contribution in [2.24, 2.45) is 0 Å². The van der Waals surface area contributed by atoms with Gasteiger partial charge in [-0.25, -0.2) is 35.1 Å². The standard InChI is InChI=1S/C22H24F2O.C21H22F2O.C20H20F2O.C19H18F2O/c1-3-5-6-7-18-12-13-19(22(24)21(18)23)11-8-17-9-14-20(15-10-17)25-16-4-2;1-3-5-6-17-11-12-18(21(23)20(17)22)10-7-16-8-13-19(14-9-16)24-15-4-2;1-3-5-16-10-11-17(20(22)19(16)21)9-6-15-7-12-18(13-8-15)23-14-4-2;1-3-13-22-17-11-6-14(7-12-17)5-8-16-10-9-15(4-2)18(20)19(16)21/h9-10,12-15H,3-7,16H2,1-2H3;8-9,11-14H,3-6,15H2,1-2H3;7-8,10-13H,3-5,14H2,1-2H3;6-7,9-12H,3-4,13H2,1-2H3. The van der Waals surface area contributed by atoms with Crippen molar-refractivity contribution in [1.82, 2.24) is 0 Å². The number of ether oxygens (including phenoxy) is 4. The Balaban J connectivity index is 0.000000227. The zero-order valence-corrected chi connectivity index (χ0v) is 55.2. The van der Waals surface area contributed by atoms with Crippen LogP contribution < -0.4 is 18.9 Å². The van der Waals surface area contributed by atoms with Crippen LogP contribution in [0.3, 0.4) is 0 Å². The highest BCUT2D eigenvalue weighted by atomic mass is 19.2. The molecule has 4 nitrogen and oxygen atoms in total. The average Bonchev–Trinajstić information content (AvgIpc) is 0.968. The van der Waals surface area contributed by atoms with Crippen LogP contribution in [0.2, 0.25) is 0 Å². The van der Waals surface area contributed by atoms with Gasteiger partial charge in [-0.3, -0.25) is 0 Å². The van der Waals surface area contributed by atoms with E-state index in [1.165, 1.54) is 12.1 Å². The van der Waals surface area contributed by atoms with Crippen LogP contribution in [0.5, 0.6) is 23.0 Å². The molecular formula is C82H84F8O4. The lowest BCUT2D eigenvalue weighted by molar-refractivity contribution is 0.317. The number of halogens is 8. The van der Waals surface area contributed by atoms with E-state index >= 15 is 0 Å².